The van der Waals surface area contributed by atoms with Gasteiger partial charge in [0.05, 0.1) is 24.1 Å². The average molecular weight is 255 g/mol. The van der Waals surface area contributed by atoms with Crippen LogP contribution in [-0.4, -0.2) is 25.6 Å². The van der Waals surface area contributed by atoms with E-state index < -0.39 is 5.97 Å². The molecule has 96 valence electrons. The van der Waals surface area contributed by atoms with E-state index in [0.29, 0.717) is 11.4 Å². The molecule has 19 heavy (non-hydrogen) atoms. The number of aromatic nitrogens is 3. The monoisotopic (exact) mass is 255 g/mol. The summed E-state index contributed by atoms with van der Waals surface area (Å²) in [5.41, 5.74) is 3.39. The molecule has 0 fully saturated rings. The summed E-state index contributed by atoms with van der Waals surface area (Å²) in [6.45, 7) is 0. The number of para-hydroxylation sites is 1. The van der Waals surface area contributed by atoms with Gasteiger partial charge >= 0.3 is 5.97 Å². The molecule has 1 aromatic carbocycles. The number of fused-ring (bicyclic) bond motifs is 1. The second-order valence-electron chi connectivity index (χ2n) is 4.47. The largest absolute Gasteiger partial charge is 0.481 e. The third kappa shape index (κ3) is 1.89. The van der Waals surface area contributed by atoms with E-state index in [9.17, 15) is 4.79 Å². The lowest BCUT2D eigenvalue weighted by Gasteiger charge is -1.99. The zero-order valence-electron chi connectivity index (χ0n) is 10.4. The third-order valence-electron chi connectivity index (χ3n) is 3.20. The molecule has 0 saturated carbocycles. The fourth-order valence-electron chi connectivity index (χ4n) is 2.37. The summed E-state index contributed by atoms with van der Waals surface area (Å²) in [6, 6.07) is 8.00. The highest BCUT2D eigenvalue weighted by atomic mass is 16.4. The van der Waals surface area contributed by atoms with Crippen molar-refractivity contribution in [1.82, 2.24) is 14.5 Å². The molecule has 2 N–H and O–H groups in total. The van der Waals surface area contributed by atoms with Gasteiger partial charge in [-0.3, -0.25) is 4.79 Å². The number of aliphatic carboxylic acids is 1. The van der Waals surface area contributed by atoms with E-state index in [2.05, 4.69) is 9.97 Å². The molecule has 5 nitrogen and oxygen atoms in total. The number of aromatic amines is 1. The van der Waals surface area contributed by atoms with Crippen LogP contribution in [0.1, 0.15) is 5.69 Å². The van der Waals surface area contributed by atoms with Gasteiger partial charge in [-0.1, -0.05) is 18.2 Å². The van der Waals surface area contributed by atoms with Gasteiger partial charge in [-0.05, 0) is 6.07 Å². The van der Waals surface area contributed by atoms with Gasteiger partial charge in [-0.15, -0.1) is 0 Å². The molecule has 0 radical (unpaired) electrons. The molecule has 2 aromatic heterocycles. The molecule has 0 bridgehead atoms. The molecule has 0 saturated heterocycles. The molecular formula is C14H13N3O2. The minimum Gasteiger partial charge on any atom is -0.481 e. The fraction of sp³-hybridized carbons (Fsp3) is 0.143. The van der Waals surface area contributed by atoms with E-state index in [-0.39, 0.29) is 6.42 Å². The molecule has 0 aliphatic rings. The lowest BCUT2D eigenvalue weighted by atomic mass is 10.1. The lowest BCUT2D eigenvalue weighted by Crippen LogP contribution is -2.01. The average Bonchev–Trinajstić information content (AvgIpc) is 2.94. The first-order valence-corrected chi connectivity index (χ1v) is 5.95. The third-order valence-corrected chi connectivity index (χ3v) is 3.20. The fourth-order valence-corrected chi connectivity index (χ4v) is 2.37. The molecule has 3 aromatic rings. The van der Waals surface area contributed by atoms with Crippen LogP contribution in [0.2, 0.25) is 0 Å². The van der Waals surface area contributed by atoms with Gasteiger partial charge in [0.2, 0.25) is 0 Å². The maximum Gasteiger partial charge on any atom is 0.309 e. The quantitative estimate of drug-likeness (QED) is 0.753. The van der Waals surface area contributed by atoms with Crippen LogP contribution in [0.3, 0.4) is 0 Å². The van der Waals surface area contributed by atoms with Crippen LogP contribution in [0.15, 0.2) is 36.8 Å². The standard InChI is InChI=1S/C14H13N3O2/c1-17-7-10(9-4-2-3-5-12(9)17)14-11(6-13(18)19)15-8-16-14/h2-5,7-8H,6H2,1H3,(H,15,16)(H,18,19). The van der Waals surface area contributed by atoms with Gasteiger partial charge < -0.3 is 14.7 Å². The summed E-state index contributed by atoms with van der Waals surface area (Å²) in [5.74, 6) is -0.870. The SMILES string of the molecule is Cn1cc(-c2nc[nH]c2CC(=O)O)c2ccccc21. The van der Waals surface area contributed by atoms with Crippen LogP contribution in [0, 0.1) is 0 Å². The van der Waals surface area contributed by atoms with E-state index in [0.717, 1.165) is 16.5 Å². The Morgan fingerprint density at radius 3 is 3.00 bits per heavy atom. The van der Waals surface area contributed by atoms with Crippen molar-refractivity contribution in [1.29, 1.82) is 0 Å². The van der Waals surface area contributed by atoms with Crippen molar-refractivity contribution in [3.05, 3.63) is 42.5 Å². The Morgan fingerprint density at radius 1 is 1.42 bits per heavy atom. The van der Waals surface area contributed by atoms with E-state index in [4.69, 9.17) is 5.11 Å². The van der Waals surface area contributed by atoms with Crippen molar-refractivity contribution in [3.63, 3.8) is 0 Å². The minimum absolute atomic E-state index is 0.0570. The predicted octanol–water partition coefficient (Wildman–Crippen LogP) is 2.20. The second kappa shape index (κ2) is 4.28. The van der Waals surface area contributed by atoms with Crippen LogP contribution in [0.4, 0.5) is 0 Å². The van der Waals surface area contributed by atoms with Gasteiger partial charge in [0.25, 0.3) is 0 Å². The number of carbonyl (C=O) groups is 1. The molecule has 3 rings (SSSR count). The topological polar surface area (TPSA) is 70.9 Å². The summed E-state index contributed by atoms with van der Waals surface area (Å²) in [6.07, 6.45) is 3.46. The van der Waals surface area contributed by atoms with Crippen molar-refractivity contribution < 1.29 is 9.90 Å². The number of carboxylic acids is 1. The summed E-state index contributed by atoms with van der Waals surface area (Å²) in [7, 11) is 1.97. The van der Waals surface area contributed by atoms with Crippen molar-refractivity contribution in [2.24, 2.45) is 7.05 Å². The van der Waals surface area contributed by atoms with Crippen molar-refractivity contribution in [2.75, 3.05) is 0 Å². The maximum absolute atomic E-state index is 10.9. The Kier molecular flexibility index (Phi) is 2.59. The van der Waals surface area contributed by atoms with Gasteiger partial charge in [0, 0.05) is 29.7 Å². The smallest absolute Gasteiger partial charge is 0.309 e. The molecule has 0 atom stereocenters. The highest BCUT2D eigenvalue weighted by Crippen LogP contribution is 2.30. The number of imidazole rings is 1. The van der Waals surface area contributed by atoms with Crippen LogP contribution < -0.4 is 0 Å². The number of hydrogen-bond donors (Lipinski definition) is 2. The molecular weight excluding hydrogens is 242 g/mol. The Bertz CT molecular complexity index is 755. The number of aryl methyl sites for hydroxylation is 1. The Morgan fingerprint density at radius 2 is 2.21 bits per heavy atom. The predicted molar refractivity (Wildman–Crippen MR) is 71.8 cm³/mol. The molecule has 2 heterocycles. The van der Waals surface area contributed by atoms with Crippen LogP contribution in [0.25, 0.3) is 22.2 Å². The zero-order valence-corrected chi connectivity index (χ0v) is 10.4. The van der Waals surface area contributed by atoms with Gasteiger partial charge in [-0.25, -0.2) is 4.98 Å². The minimum atomic E-state index is -0.870. The first-order valence-electron chi connectivity index (χ1n) is 5.95. The number of nitrogens with zero attached hydrogens (tertiary/aromatic N) is 2. The first kappa shape index (κ1) is 11.5. The first-order chi connectivity index (χ1) is 9.16. The number of benzene rings is 1. The molecule has 0 spiro atoms. The van der Waals surface area contributed by atoms with Crippen LogP contribution in [0.5, 0.6) is 0 Å². The summed E-state index contributed by atoms with van der Waals surface area (Å²) in [5, 5.41) is 10.00. The molecule has 0 aliphatic carbocycles. The zero-order chi connectivity index (χ0) is 13.4. The Hall–Kier alpha value is -2.56. The number of H-pyrrole nitrogens is 1. The van der Waals surface area contributed by atoms with E-state index in [1.54, 1.807) is 0 Å². The normalized spacial score (nSPS) is 11.0. The number of nitrogens with one attached hydrogen (secondary N) is 1. The number of hydrogen-bond acceptors (Lipinski definition) is 2. The van der Waals surface area contributed by atoms with Crippen LogP contribution >= 0.6 is 0 Å². The Labute approximate surface area is 109 Å². The number of rotatable bonds is 3. The second-order valence-corrected chi connectivity index (χ2v) is 4.47. The number of carboxylic acid groups (broad SMARTS) is 1. The van der Waals surface area contributed by atoms with E-state index in [1.165, 1.54) is 6.33 Å². The Balaban J connectivity index is 2.20. The summed E-state index contributed by atoms with van der Waals surface area (Å²) >= 11 is 0. The summed E-state index contributed by atoms with van der Waals surface area (Å²) < 4.78 is 2.02. The van der Waals surface area contributed by atoms with Gasteiger partial charge in [-0.2, -0.15) is 0 Å². The van der Waals surface area contributed by atoms with E-state index in [1.807, 2.05) is 42.1 Å². The highest BCUT2D eigenvalue weighted by Gasteiger charge is 2.15. The van der Waals surface area contributed by atoms with Gasteiger partial charge in [0.1, 0.15) is 0 Å². The maximum atomic E-state index is 10.9. The van der Waals surface area contributed by atoms with Crippen molar-refractivity contribution in [3.8, 4) is 11.3 Å². The highest BCUT2D eigenvalue weighted by molar-refractivity contribution is 5.96. The lowest BCUT2D eigenvalue weighted by molar-refractivity contribution is -0.136. The molecule has 0 unspecified atom stereocenters. The van der Waals surface area contributed by atoms with Crippen molar-refractivity contribution in [2.45, 2.75) is 6.42 Å². The van der Waals surface area contributed by atoms with E-state index >= 15 is 0 Å². The van der Waals surface area contributed by atoms with Crippen LogP contribution in [-0.2, 0) is 18.3 Å². The molecule has 0 aliphatic heterocycles. The molecule has 0 amide bonds. The molecule has 5 heteroatoms. The summed E-state index contributed by atoms with van der Waals surface area (Å²) in [4.78, 5) is 18.0. The van der Waals surface area contributed by atoms with Gasteiger partial charge in [0.15, 0.2) is 0 Å². The van der Waals surface area contributed by atoms with Crippen molar-refractivity contribution >= 4 is 16.9 Å².